The Hall–Kier alpha value is -0.930. The summed E-state index contributed by atoms with van der Waals surface area (Å²) in [6, 6.07) is 6.22. The first-order chi connectivity index (χ1) is 6.27. The molecule has 2 unspecified atom stereocenters. The second kappa shape index (κ2) is 3.44. The number of hydrogen-bond acceptors (Lipinski definition) is 2. The third-order valence-corrected chi connectivity index (χ3v) is 2.43. The molecular formula is C10H12FNO. The van der Waals surface area contributed by atoms with E-state index >= 15 is 0 Å². The summed E-state index contributed by atoms with van der Waals surface area (Å²) in [7, 11) is 0. The van der Waals surface area contributed by atoms with E-state index in [1.165, 1.54) is 12.1 Å². The third kappa shape index (κ3) is 1.71. The third-order valence-electron chi connectivity index (χ3n) is 2.43. The van der Waals surface area contributed by atoms with Crippen molar-refractivity contribution in [2.24, 2.45) is 0 Å². The first-order valence-corrected chi connectivity index (χ1v) is 4.44. The largest absolute Gasteiger partial charge is 0.387 e. The summed E-state index contributed by atoms with van der Waals surface area (Å²) in [5, 5.41) is 12.8. The van der Waals surface area contributed by atoms with E-state index in [1.807, 2.05) is 0 Å². The van der Waals surface area contributed by atoms with Crippen LogP contribution in [0.1, 0.15) is 18.1 Å². The van der Waals surface area contributed by atoms with E-state index in [-0.39, 0.29) is 11.9 Å². The molecule has 1 saturated heterocycles. The van der Waals surface area contributed by atoms with Gasteiger partial charge in [0.05, 0.1) is 6.10 Å². The highest BCUT2D eigenvalue weighted by molar-refractivity contribution is 5.20. The van der Waals surface area contributed by atoms with Crippen LogP contribution in [0.2, 0.25) is 0 Å². The second-order valence-corrected chi connectivity index (χ2v) is 3.35. The molecule has 1 aliphatic rings. The molecule has 0 aliphatic carbocycles. The molecule has 3 heteroatoms. The molecule has 0 saturated carbocycles. The zero-order valence-corrected chi connectivity index (χ0v) is 7.20. The fourth-order valence-corrected chi connectivity index (χ4v) is 1.50. The van der Waals surface area contributed by atoms with Gasteiger partial charge in [-0.25, -0.2) is 4.39 Å². The van der Waals surface area contributed by atoms with Crippen LogP contribution in [0, 0.1) is 5.82 Å². The molecule has 0 bridgehead atoms. The van der Waals surface area contributed by atoms with Gasteiger partial charge in [-0.1, -0.05) is 12.1 Å². The predicted octanol–water partition coefficient (Wildman–Crippen LogP) is 1.22. The number of rotatable bonds is 2. The van der Waals surface area contributed by atoms with Crippen molar-refractivity contribution in [3.8, 4) is 0 Å². The van der Waals surface area contributed by atoms with Crippen LogP contribution in [-0.4, -0.2) is 17.7 Å². The SMILES string of the molecule is OC(c1cccc(F)c1)C1CCN1. The molecule has 2 nitrogen and oxygen atoms in total. The van der Waals surface area contributed by atoms with Gasteiger partial charge >= 0.3 is 0 Å². The van der Waals surface area contributed by atoms with Gasteiger partial charge < -0.3 is 10.4 Å². The minimum absolute atomic E-state index is 0.0989. The Labute approximate surface area is 76.4 Å². The lowest BCUT2D eigenvalue weighted by Crippen LogP contribution is -2.46. The maximum absolute atomic E-state index is 12.8. The average Bonchev–Trinajstić information content (AvgIpc) is 2.01. The molecule has 2 N–H and O–H groups in total. The van der Waals surface area contributed by atoms with Gasteiger partial charge in [-0.3, -0.25) is 0 Å². The van der Waals surface area contributed by atoms with Gasteiger partial charge in [0.1, 0.15) is 5.82 Å². The summed E-state index contributed by atoms with van der Waals surface area (Å²) >= 11 is 0. The van der Waals surface area contributed by atoms with Crippen molar-refractivity contribution in [1.29, 1.82) is 0 Å². The van der Waals surface area contributed by atoms with Crippen LogP contribution >= 0.6 is 0 Å². The molecule has 0 radical (unpaired) electrons. The summed E-state index contributed by atoms with van der Waals surface area (Å²) in [5.41, 5.74) is 0.650. The highest BCUT2D eigenvalue weighted by Crippen LogP contribution is 2.22. The van der Waals surface area contributed by atoms with E-state index in [4.69, 9.17) is 0 Å². The topological polar surface area (TPSA) is 32.3 Å². The predicted molar refractivity (Wildman–Crippen MR) is 47.8 cm³/mol. The molecule has 2 rings (SSSR count). The van der Waals surface area contributed by atoms with Crippen molar-refractivity contribution in [3.63, 3.8) is 0 Å². The van der Waals surface area contributed by atoms with Crippen molar-refractivity contribution in [1.82, 2.24) is 5.32 Å². The van der Waals surface area contributed by atoms with Crippen molar-refractivity contribution in [2.45, 2.75) is 18.6 Å². The Kier molecular flexibility index (Phi) is 2.29. The summed E-state index contributed by atoms with van der Waals surface area (Å²) in [5.74, 6) is -0.295. The van der Waals surface area contributed by atoms with E-state index in [1.54, 1.807) is 12.1 Å². The number of aliphatic hydroxyl groups excluding tert-OH is 1. The van der Waals surface area contributed by atoms with E-state index in [0.717, 1.165) is 13.0 Å². The Bertz CT molecular complexity index is 299. The van der Waals surface area contributed by atoms with Crippen molar-refractivity contribution in [3.05, 3.63) is 35.6 Å². The minimum atomic E-state index is -0.579. The molecule has 0 aromatic heterocycles. The van der Waals surface area contributed by atoms with Crippen molar-refractivity contribution < 1.29 is 9.50 Å². The van der Waals surface area contributed by atoms with Gasteiger partial charge in [0, 0.05) is 6.04 Å². The maximum Gasteiger partial charge on any atom is 0.123 e. The summed E-state index contributed by atoms with van der Waals surface area (Å²) in [6.45, 7) is 0.942. The average molecular weight is 181 g/mol. The highest BCUT2D eigenvalue weighted by Gasteiger charge is 2.25. The van der Waals surface area contributed by atoms with E-state index in [0.29, 0.717) is 5.56 Å². The Morgan fingerprint density at radius 2 is 2.31 bits per heavy atom. The van der Waals surface area contributed by atoms with Crippen LogP contribution in [0.15, 0.2) is 24.3 Å². The maximum atomic E-state index is 12.8. The molecule has 1 aromatic carbocycles. The minimum Gasteiger partial charge on any atom is -0.387 e. The molecule has 1 aromatic rings. The van der Waals surface area contributed by atoms with E-state index in [9.17, 15) is 9.50 Å². The Morgan fingerprint density at radius 3 is 2.85 bits per heavy atom. The van der Waals surface area contributed by atoms with Gasteiger partial charge in [0.2, 0.25) is 0 Å². The van der Waals surface area contributed by atoms with Crippen LogP contribution in [-0.2, 0) is 0 Å². The summed E-state index contributed by atoms with van der Waals surface area (Å²) in [6.07, 6.45) is 0.377. The van der Waals surface area contributed by atoms with Gasteiger partial charge in [-0.2, -0.15) is 0 Å². The van der Waals surface area contributed by atoms with Gasteiger partial charge in [0.15, 0.2) is 0 Å². The van der Waals surface area contributed by atoms with E-state index < -0.39 is 6.10 Å². The van der Waals surface area contributed by atoms with Crippen LogP contribution in [0.3, 0.4) is 0 Å². The first kappa shape index (κ1) is 8.66. The zero-order valence-electron chi connectivity index (χ0n) is 7.20. The normalized spacial score (nSPS) is 23.7. The van der Waals surface area contributed by atoms with Crippen LogP contribution in [0.25, 0.3) is 0 Å². The number of aliphatic hydroxyl groups is 1. The zero-order chi connectivity index (χ0) is 9.26. The Morgan fingerprint density at radius 1 is 1.54 bits per heavy atom. The fourth-order valence-electron chi connectivity index (χ4n) is 1.50. The smallest absolute Gasteiger partial charge is 0.123 e. The standard InChI is InChI=1S/C10H12FNO/c11-8-3-1-2-7(6-8)10(13)9-4-5-12-9/h1-3,6,9-10,12-13H,4-5H2. The van der Waals surface area contributed by atoms with Crippen LogP contribution in [0.4, 0.5) is 4.39 Å². The molecule has 1 fully saturated rings. The molecule has 0 amide bonds. The molecule has 13 heavy (non-hydrogen) atoms. The second-order valence-electron chi connectivity index (χ2n) is 3.35. The van der Waals surface area contributed by atoms with Gasteiger partial charge in [-0.05, 0) is 30.7 Å². The number of nitrogens with one attached hydrogen (secondary N) is 1. The molecular weight excluding hydrogens is 169 g/mol. The molecule has 1 aliphatic heterocycles. The molecule has 2 atom stereocenters. The van der Waals surface area contributed by atoms with Gasteiger partial charge in [0.25, 0.3) is 0 Å². The molecule has 70 valence electrons. The lowest BCUT2D eigenvalue weighted by atomic mass is 9.95. The molecule has 0 spiro atoms. The number of benzene rings is 1. The van der Waals surface area contributed by atoms with Crippen molar-refractivity contribution >= 4 is 0 Å². The lowest BCUT2D eigenvalue weighted by Gasteiger charge is -2.32. The number of halogens is 1. The highest BCUT2D eigenvalue weighted by atomic mass is 19.1. The first-order valence-electron chi connectivity index (χ1n) is 4.44. The van der Waals surface area contributed by atoms with E-state index in [2.05, 4.69) is 5.32 Å². The van der Waals surface area contributed by atoms with Crippen LogP contribution in [0.5, 0.6) is 0 Å². The fraction of sp³-hybridized carbons (Fsp3) is 0.400. The lowest BCUT2D eigenvalue weighted by molar-refractivity contribution is 0.0954. The number of hydrogen-bond donors (Lipinski definition) is 2. The summed E-state index contributed by atoms with van der Waals surface area (Å²) in [4.78, 5) is 0. The monoisotopic (exact) mass is 181 g/mol. The quantitative estimate of drug-likeness (QED) is 0.719. The molecule has 1 heterocycles. The van der Waals surface area contributed by atoms with Crippen LogP contribution < -0.4 is 5.32 Å². The van der Waals surface area contributed by atoms with Crippen molar-refractivity contribution in [2.75, 3.05) is 6.54 Å². The summed E-state index contributed by atoms with van der Waals surface area (Å²) < 4.78 is 12.8. The Balaban J connectivity index is 2.14. The van der Waals surface area contributed by atoms with Gasteiger partial charge in [-0.15, -0.1) is 0 Å².